The molecule has 5 rings (SSSR count). The van der Waals surface area contributed by atoms with E-state index in [9.17, 15) is 13.6 Å². The van der Waals surface area contributed by atoms with Crippen molar-refractivity contribution in [3.63, 3.8) is 0 Å². The lowest BCUT2D eigenvalue weighted by molar-refractivity contribution is 0.0954. The van der Waals surface area contributed by atoms with E-state index in [-0.39, 0.29) is 17.5 Å². The lowest BCUT2D eigenvalue weighted by Crippen LogP contribution is -2.47. The van der Waals surface area contributed by atoms with Crippen molar-refractivity contribution in [1.29, 1.82) is 0 Å². The van der Waals surface area contributed by atoms with Gasteiger partial charge < -0.3 is 15.1 Å². The molecule has 0 bridgehead atoms. The number of hydrogen-bond donors (Lipinski definition) is 1. The summed E-state index contributed by atoms with van der Waals surface area (Å²) in [5.74, 6) is 0.0753. The zero-order chi connectivity index (χ0) is 23.7. The summed E-state index contributed by atoms with van der Waals surface area (Å²) in [5.41, 5.74) is 2.27. The Hall–Kier alpha value is -3.59. The number of carbonyl (C=O) groups is 1. The third-order valence-electron chi connectivity index (χ3n) is 6.05. The van der Waals surface area contributed by atoms with Gasteiger partial charge in [-0.3, -0.25) is 4.79 Å². The van der Waals surface area contributed by atoms with Crippen molar-refractivity contribution >= 4 is 39.0 Å². The molecule has 0 unspecified atom stereocenters. The van der Waals surface area contributed by atoms with Gasteiger partial charge in [0.25, 0.3) is 5.91 Å². The molecule has 1 saturated heterocycles. The topological polar surface area (TPSA) is 61.4 Å². The van der Waals surface area contributed by atoms with E-state index < -0.39 is 0 Å². The maximum Gasteiger partial charge on any atom is 0.261 e. The molecule has 0 saturated carbocycles. The van der Waals surface area contributed by atoms with Crippen LogP contribution >= 0.6 is 11.3 Å². The highest BCUT2D eigenvalue weighted by molar-refractivity contribution is 7.20. The summed E-state index contributed by atoms with van der Waals surface area (Å²) in [6, 6.07) is 12.9. The van der Waals surface area contributed by atoms with Crippen molar-refractivity contribution < 1.29 is 13.6 Å². The first-order valence-electron chi connectivity index (χ1n) is 11.0. The van der Waals surface area contributed by atoms with E-state index in [2.05, 4.69) is 20.2 Å². The molecule has 3 heterocycles. The Labute approximate surface area is 199 Å². The molecule has 9 heteroatoms. The maximum absolute atomic E-state index is 14.2. The van der Waals surface area contributed by atoms with Gasteiger partial charge in [-0.05, 0) is 42.3 Å². The monoisotopic (exact) mass is 479 g/mol. The van der Waals surface area contributed by atoms with Crippen LogP contribution in [0.3, 0.4) is 0 Å². The fourth-order valence-electron chi connectivity index (χ4n) is 4.24. The Bertz CT molecular complexity index is 1330. The Kier molecular flexibility index (Phi) is 6.10. The molecule has 1 aliphatic heterocycles. The van der Waals surface area contributed by atoms with Gasteiger partial charge >= 0.3 is 0 Å². The molecule has 2 aromatic carbocycles. The van der Waals surface area contributed by atoms with Crippen molar-refractivity contribution in [1.82, 2.24) is 15.3 Å². The number of anilines is 2. The maximum atomic E-state index is 14.2. The molecule has 6 nitrogen and oxygen atoms in total. The summed E-state index contributed by atoms with van der Waals surface area (Å²) in [6.07, 6.45) is 1.52. The largest absolute Gasteiger partial charge is 0.366 e. The summed E-state index contributed by atoms with van der Waals surface area (Å²) >= 11 is 1.34. The third-order valence-corrected chi connectivity index (χ3v) is 7.25. The molecule has 1 N–H and O–H groups in total. The average molecular weight is 480 g/mol. The average Bonchev–Trinajstić information content (AvgIpc) is 3.21. The van der Waals surface area contributed by atoms with Crippen LogP contribution in [0.1, 0.15) is 20.8 Å². The molecule has 174 valence electrons. The summed E-state index contributed by atoms with van der Waals surface area (Å²) in [4.78, 5) is 27.4. The van der Waals surface area contributed by atoms with E-state index in [1.165, 1.54) is 35.9 Å². The molecular weight excluding hydrogens is 456 g/mol. The van der Waals surface area contributed by atoms with Crippen LogP contribution in [0.5, 0.6) is 0 Å². The number of hydrogen-bond acceptors (Lipinski definition) is 6. The zero-order valence-electron chi connectivity index (χ0n) is 18.6. The number of amides is 1. The summed E-state index contributed by atoms with van der Waals surface area (Å²) in [5, 5.41) is 3.78. The van der Waals surface area contributed by atoms with Gasteiger partial charge in [-0.15, -0.1) is 11.3 Å². The summed E-state index contributed by atoms with van der Waals surface area (Å²) in [7, 11) is 0. The Balaban J connectivity index is 1.34. The zero-order valence-corrected chi connectivity index (χ0v) is 19.4. The highest BCUT2D eigenvalue weighted by atomic mass is 32.1. The van der Waals surface area contributed by atoms with Gasteiger partial charge in [0.1, 0.15) is 28.6 Å². The fraction of sp³-hybridized carbons (Fsp3) is 0.240. The fourth-order valence-corrected chi connectivity index (χ4v) is 5.30. The molecule has 1 fully saturated rings. The molecule has 4 aromatic rings. The minimum absolute atomic E-state index is 0.194. The Morgan fingerprint density at radius 1 is 1.00 bits per heavy atom. The smallest absolute Gasteiger partial charge is 0.261 e. The number of halogens is 2. The molecule has 0 radical (unpaired) electrons. The molecule has 1 aliphatic rings. The number of rotatable bonds is 5. The van der Waals surface area contributed by atoms with Crippen LogP contribution in [0, 0.1) is 18.6 Å². The van der Waals surface area contributed by atoms with Gasteiger partial charge in [0.2, 0.25) is 0 Å². The van der Waals surface area contributed by atoms with Crippen LogP contribution in [0.2, 0.25) is 0 Å². The highest BCUT2D eigenvalue weighted by Gasteiger charge is 2.25. The van der Waals surface area contributed by atoms with Crippen molar-refractivity contribution in [2.45, 2.75) is 13.5 Å². The molecule has 0 spiro atoms. The molecule has 0 aliphatic carbocycles. The van der Waals surface area contributed by atoms with E-state index in [4.69, 9.17) is 0 Å². The number of benzene rings is 2. The van der Waals surface area contributed by atoms with Gasteiger partial charge in [-0.1, -0.05) is 24.3 Å². The van der Waals surface area contributed by atoms with Crippen LogP contribution in [-0.2, 0) is 6.54 Å². The Morgan fingerprint density at radius 2 is 1.71 bits per heavy atom. The minimum atomic E-state index is -0.309. The second kappa shape index (κ2) is 9.34. The first-order chi connectivity index (χ1) is 16.5. The lowest BCUT2D eigenvalue weighted by Gasteiger charge is -2.37. The van der Waals surface area contributed by atoms with Crippen LogP contribution < -0.4 is 15.1 Å². The van der Waals surface area contributed by atoms with Gasteiger partial charge in [0.05, 0.1) is 16.0 Å². The van der Waals surface area contributed by atoms with E-state index in [1.807, 2.05) is 17.9 Å². The van der Waals surface area contributed by atoms with E-state index in [0.29, 0.717) is 43.3 Å². The summed E-state index contributed by atoms with van der Waals surface area (Å²) in [6.45, 7) is 4.92. The predicted molar refractivity (Wildman–Crippen MR) is 131 cm³/mol. The first kappa shape index (κ1) is 22.2. The molecule has 1 amide bonds. The van der Waals surface area contributed by atoms with Crippen molar-refractivity contribution in [3.8, 4) is 0 Å². The van der Waals surface area contributed by atoms with Crippen LogP contribution in [0.4, 0.5) is 20.3 Å². The molecular formula is C25H23F2N5OS. The second-order valence-electron chi connectivity index (χ2n) is 8.17. The molecule has 2 aromatic heterocycles. The molecule has 34 heavy (non-hydrogen) atoms. The van der Waals surface area contributed by atoms with Crippen LogP contribution in [0.15, 0.2) is 54.9 Å². The van der Waals surface area contributed by atoms with Crippen molar-refractivity contribution in [2.75, 3.05) is 36.0 Å². The number of carbonyl (C=O) groups excluding carboxylic acids is 1. The van der Waals surface area contributed by atoms with Crippen molar-refractivity contribution in [3.05, 3.63) is 82.5 Å². The normalized spacial score (nSPS) is 14.0. The van der Waals surface area contributed by atoms with E-state index in [1.54, 1.807) is 24.3 Å². The quantitative estimate of drug-likeness (QED) is 0.456. The number of fused-ring (bicyclic) bond motifs is 1. The minimum Gasteiger partial charge on any atom is -0.366 e. The van der Waals surface area contributed by atoms with Crippen molar-refractivity contribution in [2.24, 2.45) is 0 Å². The highest BCUT2D eigenvalue weighted by Crippen LogP contribution is 2.35. The lowest BCUT2D eigenvalue weighted by atomic mass is 10.1. The number of nitrogens with zero attached hydrogens (tertiary/aromatic N) is 4. The molecule has 0 atom stereocenters. The number of aromatic nitrogens is 2. The van der Waals surface area contributed by atoms with E-state index in [0.717, 1.165) is 27.2 Å². The second-order valence-corrected chi connectivity index (χ2v) is 9.17. The first-order valence-corrected chi connectivity index (χ1v) is 11.8. The van der Waals surface area contributed by atoms with Gasteiger partial charge in [-0.2, -0.15) is 0 Å². The van der Waals surface area contributed by atoms with Gasteiger partial charge in [-0.25, -0.2) is 18.7 Å². The van der Waals surface area contributed by atoms with E-state index >= 15 is 0 Å². The van der Waals surface area contributed by atoms with Crippen LogP contribution in [0.25, 0.3) is 10.2 Å². The van der Waals surface area contributed by atoms with Crippen LogP contribution in [-0.4, -0.2) is 42.1 Å². The Morgan fingerprint density at radius 3 is 2.44 bits per heavy atom. The SMILES string of the molecule is Cc1c(C(=O)NCc2ccc(F)cc2)sc2ncnc(N3CCN(c4ccccc4F)CC3)c12. The number of para-hydroxylation sites is 1. The summed E-state index contributed by atoms with van der Waals surface area (Å²) < 4.78 is 27.3. The number of thiophene rings is 1. The number of aryl methyl sites for hydroxylation is 1. The van der Waals surface area contributed by atoms with Gasteiger partial charge in [0.15, 0.2) is 0 Å². The number of piperazine rings is 1. The third kappa shape index (κ3) is 4.31. The predicted octanol–water partition coefficient (Wildman–Crippen LogP) is 4.53. The number of nitrogens with one attached hydrogen (secondary N) is 1. The van der Waals surface area contributed by atoms with Gasteiger partial charge in [0, 0.05) is 32.7 Å². The standard InChI is InChI=1S/C25H23F2N5OS/c1-16-21-23(32-12-10-31(11-13-32)20-5-3-2-4-19(20)27)29-15-30-25(21)34-22(16)24(33)28-14-17-6-8-18(26)9-7-17/h2-9,15H,10-14H2,1H3,(H,28,33).